The molecule has 284 valence electrons. The number of hydrogen-bond acceptors (Lipinski definition) is 8. The third-order valence-corrected chi connectivity index (χ3v) is 8.87. The average Bonchev–Trinajstić information content (AvgIpc) is 3.18. The Kier molecular flexibility index (Phi) is 18.3. The van der Waals surface area contributed by atoms with Crippen molar-refractivity contribution in [2.24, 2.45) is 5.73 Å². The Labute approximate surface area is 315 Å². The summed E-state index contributed by atoms with van der Waals surface area (Å²) in [5, 5.41) is 0. The van der Waals surface area contributed by atoms with Gasteiger partial charge in [-0.15, -0.1) is 0 Å². The highest BCUT2D eigenvalue weighted by Gasteiger charge is 2.17. The van der Waals surface area contributed by atoms with E-state index < -0.39 is 11.9 Å². The van der Waals surface area contributed by atoms with E-state index in [2.05, 4.69) is 13.8 Å². The molecule has 0 radical (unpaired) electrons. The molecule has 0 spiro atoms. The van der Waals surface area contributed by atoms with Gasteiger partial charge in [0.25, 0.3) is 0 Å². The van der Waals surface area contributed by atoms with Gasteiger partial charge in [0, 0.05) is 6.07 Å². The topological polar surface area (TPSA) is 106 Å². The van der Waals surface area contributed by atoms with Crippen molar-refractivity contribution in [2.45, 2.75) is 97.3 Å². The largest absolute Gasteiger partial charge is 0.494 e. The van der Waals surface area contributed by atoms with Crippen molar-refractivity contribution < 1.29 is 33.3 Å². The maximum absolute atomic E-state index is 13.3. The molecule has 0 aromatic heterocycles. The van der Waals surface area contributed by atoms with E-state index in [4.69, 9.17) is 29.4 Å². The summed E-state index contributed by atoms with van der Waals surface area (Å²) in [5.41, 5.74) is 8.25. The number of nitrogens with two attached hydrogens (primary N) is 1. The van der Waals surface area contributed by atoms with Crippen LogP contribution < -0.4 is 29.4 Å². The smallest absolute Gasteiger partial charge is 0.347 e. The van der Waals surface area contributed by atoms with Crippen LogP contribution in [0.3, 0.4) is 0 Å². The first-order valence-corrected chi connectivity index (χ1v) is 19.5. The molecule has 0 aliphatic heterocycles. The molecule has 0 bridgehead atoms. The van der Waals surface area contributed by atoms with Crippen LogP contribution in [0.4, 0.5) is 0 Å². The number of esters is 2. The fourth-order valence-corrected chi connectivity index (χ4v) is 5.72. The molecule has 0 aliphatic carbocycles. The molecular formula is C45H57NO7. The van der Waals surface area contributed by atoms with E-state index in [0.29, 0.717) is 60.5 Å². The molecule has 4 aromatic carbocycles. The minimum absolute atomic E-state index is 0.342. The van der Waals surface area contributed by atoms with Crippen molar-refractivity contribution in [1.82, 2.24) is 0 Å². The van der Waals surface area contributed by atoms with Gasteiger partial charge in [-0.1, -0.05) is 95.9 Å². The van der Waals surface area contributed by atoms with Crippen LogP contribution in [0.25, 0.3) is 11.1 Å². The molecule has 8 heteroatoms. The highest BCUT2D eigenvalue weighted by molar-refractivity contribution is 5.94. The third kappa shape index (κ3) is 14.6. The predicted molar refractivity (Wildman–Crippen MR) is 212 cm³/mol. The van der Waals surface area contributed by atoms with Gasteiger partial charge >= 0.3 is 11.9 Å². The second-order valence-corrected chi connectivity index (χ2v) is 13.2. The minimum atomic E-state index is -0.505. The first kappa shape index (κ1) is 40.9. The number of carbonyl (C=O) groups excluding carboxylic acids is 2. The van der Waals surface area contributed by atoms with Gasteiger partial charge in [0.05, 0.1) is 25.4 Å². The highest BCUT2D eigenvalue weighted by Crippen LogP contribution is 2.29. The summed E-state index contributed by atoms with van der Waals surface area (Å²) in [6.07, 6.45) is 14.4. The minimum Gasteiger partial charge on any atom is -0.494 e. The number of hydrogen-bond donors (Lipinski definition) is 1. The maximum Gasteiger partial charge on any atom is 0.347 e. The highest BCUT2D eigenvalue weighted by atomic mass is 16.5. The van der Waals surface area contributed by atoms with Gasteiger partial charge in [-0.3, -0.25) is 0 Å². The molecule has 0 aliphatic rings. The fourth-order valence-electron chi connectivity index (χ4n) is 5.72. The zero-order valence-corrected chi connectivity index (χ0v) is 31.6. The van der Waals surface area contributed by atoms with Crippen LogP contribution in [0, 0.1) is 0 Å². The SMILES string of the molecule is CCCCCCCCOc1ccc(C(=O)Oc2ccc(-c3ccc(OC(=O)c4ccc(OCCCCC)cc4OCCCCCCN)cc3)cc2)cc1. The Morgan fingerprint density at radius 2 is 0.925 bits per heavy atom. The first-order chi connectivity index (χ1) is 26.0. The fraction of sp³-hybridized carbons (Fsp3) is 0.422. The van der Waals surface area contributed by atoms with E-state index in [1.165, 1.54) is 32.1 Å². The van der Waals surface area contributed by atoms with E-state index in [9.17, 15) is 9.59 Å². The van der Waals surface area contributed by atoms with Crippen molar-refractivity contribution >= 4 is 11.9 Å². The Morgan fingerprint density at radius 3 is 1.53 bits per heavy atom. The lowest BCUT2D eigenvalue weighted by atomic mass is 10.1. The van der Waals surface area contributed by atoms with Crippen LogP contribution in [0.2, 0.25) is 0 Å². The normalized spacial score (nSPS) is 10.8. The molecule has 2 N–H and O–H groups in total. The maximum atomic E-state index is 13.3. The van der Waals surface area contributed by atoms with E-state index in [0.717, 1.165) is 68.2 Å². The lowest BCUT2D eigenvalue weighted by molar-refractivity contribution is 0.0722. The molecule has 0 amide bonds. The van der Waals surface area contributed by atoms with Crippen LogP contribution in [0.15, 0.2) is 91.0 Å². The zero-order chi connectivity index (χ0) is 37.5. The van der Waals surface area contributed by atoms with Crippen LogP contribution in [0.1, 0.15) is 118 Å². The molecule has 0 fully saturated rings. The standard InChI is InChI=1S/C45H57NO7/c1-3-5-7-8-10-14-32-49-38-22-20-37(21-23-38)44(47)52-39-24-16-35(17-25-39)36-18-26-40(27-19-36)53-45(48)42-29-28-41(50-31-13-6-4-2)34-43(42)51-33-15-11-9-12-30-46/h16-29,34H,3-15,30-33,46H2,1-2H3. The van der Waals surface area contributed by atoms with Crippen molar-refractivity contribution in [3.05, 3.63) is 102 Å². The van der Waals surface area contributed by atoms with Gasteiger partial charge in [-0.05, 0) is 104 Å². The number of rotatable bonds is 25. The molecule has 0 saturated heterocycles. The van der Waals surface area contributed by atoms with Crippen LogP contribution >= 0.6 is 0 Å². The van der Waals surface area contributed by atoms with Gasteiger partial charge in [0.15, 0.2) is 0 Å². The molecule has 53 heavy (non-hydrogen) atoms. The predicted octanol–water partition coefficient (Wildman–Crippen LogP) is 11.0. The second kappa shape index (κ2) is 23.7. The van der Waals surface area contributed by atoms with Crippen molar-refractivity contribution in [3.8, 4) is 39.9 Å². The molecule has 0 atom stereocenters. The summed E-state index contributed by atoms with van der Waals surface area (Å²) in [4.78, 5) is 26.1. The van der Waals surface area contributed by atoms with E-state index in [1.54, 1.807) is 66.7 Å². The first-order valence-electron chi connectivity index (χ1n) is 19.5. The number of unbranched alkanes of at least 4 members (excludes halogenated alkanes) is 10. The molecular weight excluding hydrogens is 666 g/mol. The Hall–Kier alpha value is -4.82. The van der Waals surface area contributed by atoms with Gasteiger partial charge < -0.3 is 29.4 Å². The molecule has 0 heterocycles. The van der Waals surface area contributed by atoms with E-state index >= 15 is 0 Å². The Bertz CT molecular complexity index is 1640. The summed E-state index contributed by atoms with van der Waals surface area (Å²) in [6, 6.07) is 26.9. The quantitative estimate of drug-likeness (QED) is 0.0409. The Morgan fingerprint density at radius 1 is 0.472 bits per heavy atom. The van der Waals surface area contributed by atoms with Gasteiger partial charge in [0.1, 0.15) is 34.3 Å². The average molecular weight is 724 g/mol. The van der Waals surface area contributed by atoms with Gasteiger partial charge in [-0.2, -0.15) is 0 Å². The molecule has 8 nitrogen and oxygen atoms in total. The summed E-state index contributed by atoms with van der Waals surface area (Å²) < 4.78 is 29.2. The summed E-state index contributed by atoms with van der Waals surface area (Å²) in [5.74, 6) is 1.78. The lowest BCUT2D eigenvalue weighted by Gasteiger charge is -2.14. The summed E-state index contributed by atoms with van der Waals surface area (Å²) >= 11 is 0. The molecule has 4 rings (SSSR count). The van der Waals surface area contributed by atoms with Gasteiger partial charge in [0.2, 0.25) is 0 Å². The van der Waals surface area contributed by atoms with Crippen molar-refractivity contribution in [1.29, 1.82) is 0 Å². The lowest BCUT2D eigenvalue weighted by Crippen LogP contribution is -2.12. The Balaban J connectivity index is 1.29. The summed E-state index contributed by atoms with van der Waals surface area (Å²) in [7, 11) is 0. The summed E-state index contributed by atoms with van der Waals surface area (Å²) in [6.45, 7) is 6.83. The second-order valence-electron chi connectivity index (χ2n) is 13.2. The third-order valence-electron chi connectivity index (χ3n) is 8.87. The van der Waals surface area contributed by atoms with Gasteiger partial charge in [-0.25, -0.2) is 9.59 Å². The zero-order valence-electron chi connectivity index (χ0n) is 31.6. The van der Waals surface area contributed by atoms with E-state index in [-0.39, 0.29) is 0 Å². The van der Waals surface area contributed by atoms with Crippen LogP contribution in [-0.4, -0.2) is 38.3 Å². The van der Waals surface area contributed by atoms with Crippen molar-refractivity contribution in [2.75, 3.05) is 26.4 Å². The van der Waals surface area contributed by atoms with Crippen LogP contribution in [-0.2, 0) is 0 Å². The molecule has 4 aromatic rings. The van der Waals surface area contributed by atoms with E-state index in [1.807, 2.05) is 24.3 Å². The number of benzene rings is 4. The molecule has 0 saturated carbocycles. The monoisotopic (exact) mass is 723 g/mol. The number of ether oxygens (including phenoxy) is 5. The number of carbonyl (C=O) groups is 2. The van der Waals surface area contributed by atoms with Crippen LogP contribution in [0.5, 0.6) is 28.7 Å². The molecule has 0 unspecified atom stereocenters. The van der Waals surface area contributed by atoms with Crippen molar-refractivity contribution in [3.63, 3.8) is 0 Å².